The summed E-state index contributed by atoms with van der Waals surface area (Å²) in [6.45, 7) is 3.86. The maximum atomic E-state index is 13.2. The minimum Gasteiger partial charge on any atom is -0.496 e. The maximum Gasteiger partial charge on any atom is 0.251 e. The van der Waals surface area contributed by atoms with Gasteiger partial charge in [0.15, 0.2) is 0 Å². The molecule has 4 rings (SSSR count). The summed E-state index contributed by atoms with van der Waals surface area (Å²) in [5.74, 6) is 0.123. The first kappa shape index (κ1) is 23.1. The van der Waals surface area contributed by atoms with E-state index in [1.54, 1.807) is 49.2 Å². The van der Waals surface area contributed by atoms with E-state index in [4.69, 9.17) is 27.9 Å². The summed E-state index contributed by atoms with van der Waals surface area (Å²) in [5, 5.41) is 11.1. The molecule has 0 unspecified atom stereocenters. The number of carbonyl (C=O) groups is 2. The van der Waals surface area contributed by atoms with E-state index in [0.717, 1.165) is 22.4 Å². The molecule has 7 nitrogen and oxygen atoms in total. The Morgan fingerprint density at radius 2 is 1.97 bits per heavy atom. The highest BCUT2D eigenvalue weighted by Crippen LogP contribution is 2.40. The van der Waals surface area contributed by atoms with Crippen LogP contribution < -0.4 is 15.4 Å². The second-order valence-electron chi connectivity index (χ2n) is 7.94. The van der Waals surface area contributed by atoms with Crippen molar-refractivity contribution in [3.05, 3.63) is 74.4 Å². The van der Waals surface area contributed by atoms with Crippen LogP contribution in [0, 0.1) is 6.92 Å². The SMILES string of the molecule is CCc1cc(C(=O)N[C@H]2C(=O)Nc3c(c(C)nn3C)[C@@H]2c2ccc(Cl)c(Cl)c2)ccc1OC. The van der Waals surface area contributed by atoms with Crippen LogP contribution in [0.4, 0.5) is 5.82 Å². The average molecular weight is 487 g/mol. The predicted molar refractivity (Wildman–Crippen MR) is 129 cm³/mol. The van der Waals surface area contributed by atoms with Crippen molar-refractivity contribution in [1.82, 2.24) is 15.1 Å². The first-order chi connectivity index (χ1) is 15.7. The largest absolute Gasteiger partial charge is 0.496 e. The lowest BCUT2D eigenvalue weighted by Gasteiger charge is -2.32. The van der Waals surface area contributed by atoms with Crippen LogP contribution in [0.15, 0.2) is 36.4 Å². The molecule has 0 saturated carbocycles. The van der Waals surface area contributed by atoms with Crippen molar-refractivity contribution in [3.63, 3.8) is 0 Å². The fourth-order valence-corrected chi connectivity index (χ4v) is 4.65. The molecular formula is C24H24Cl2N4O3. The van der Waals surface area contributed by atoms with Gasteiger partial charge in [0.1, 0.15) is 17.6 Å². The molecule has 1 aliphatic heterocycles. The summed E-state index contributed by atoms with van der Waals surface area (Å²) < 4.78 is 6.99. The van der Waals surface area contributed by atoms with Gasteiger partial charge in [-0.05, 0) is 54.8 Å². The molecule has 1 aliphatic rings. The zero-order valence-corrected chi connectivity index (χ0v) is 20.2. The van der Waals surface area contributed by atoms with E-state index in [9.17, 15) is 9.59 Å². The normalized spacial score (nSPS) is 17.3. The molecular weight excluding hydrogens is 463 g/mol. The second kappa shape index (κ2) is 9.08. The maximum absolute atomic E-state index is 13.2. The van der Waals surface area contributed by atoms with Crippen LogP contribution in [0.2, 0.25) is 10.0 Å². The molecule has 3 aromatic rings. The highest BCUT2D eigenvalue weighted by Gasteiger charge is 2.41. The van der Waals surface area contributed by atoms with Crippen molar-refractivity contribution in [2.45, 2.75) is 32.2 Å². The van der Waals surface area contributed by atoms with E-state index >= 15 is 0 Å². The molecule has 0 radical (unpaired) electrons. The molecule has 172 valence electrons. The Balaban J connectivity index is 1.77. The monoisotopic (exact) mass is 486 g/mol. The lowest BCUT2D eigenvalue weighted by Crippen LogP contribution is -2.50. The fourth-order valence-electron chi connectivity index (χ4n) is 4.34. The van der Waals surface area contributed by atoms with Gasteiger partial charge in [-0.2, -0.15) is 5.10 Å². The number of carbonyl (C=O) groups excluding carboxylic acids is 2. The summed E-state index contributed by atoms with van der Waals surface area (Å²) >= 11 is 12.4. The number of ether oxygens (including phenoxy) is 1. The number of halogens is 2. The van der Waals surface area contributed by atoms with Gasteiger partial charge in [0.25, 0.3) is 5.91 Å². The van der Waals surface area contributed by atoms with Gasteiger partial charge in [-0.1, -0.05) is 36.2 Å². The summed E-state index contributed by atoms with van der Waals surface area (Å²) in [4.78, 5) is 26.4. The third-order valence-electron chi connectivity index (χ3n) is 5.95. The summed E-state index contributed by atoms with van der Waals surface area (Å²) in [5.41, 5.74) is 3.68. The van der Waals surface area contributed by atoms with Gasteiger partial charge in [-0.25, -0.2) is 0 Å². The molecule has 2 amide bonds. The minimum atomic E-state index is -0.877. The summed E-state index contributed by atoms with van der Waals surface area (Å²) in [6.07, 6.45) is 0.707. The predicted octanol–water partition coefficient (Wildman–Crippen LogP) is 4.49. The van der Waals surface area contributed by atoms with Crippen LogP contribution >= 0.6 is 23.2 Å². The number of fused-ring (bicyclic) bond motifs is 1. The molecule has 0 bridgehead atoms. The average Bonchev–Trinajstić information content (AvgIpc) is 3.08. The van der Waals surface area contributed by atoms with Crippen molar-refractivity contribution in [2.75, 3.05) is 12.4 Å². The van der Waals surface area contributed by atoms with Crippen LogP contribution in [0.5, 0.6) is 5.75 Å². The number of benzene rings is 2. The number of nitrogens with one attached hydrogen (secondary N) is 2. The van der Waals surface area contributed by atoms with Crippen LogP contribution in [-0.2, 0) is 18.3 Å². The Morgan fingerprint density at radius 1 is 1.21 bits per heavy atom. The van der Waals surface area contributed by atoms with Gasteiger partial charge in [0, 0.05) is 24.1 Å². The van der Waals surface area contributed by atoms with Gasteiger partial charge in [0.05, 0.1) is 22.8 Å². The zero-order valence-electron chi connectivity index (χ0n) is 18.7. The molecule has 33 heavy (non-hydrogen) atoms. The number of amides is 2. The van der Waals surface area contributed by atoms with Crippen molar-refractivity contribution in [2.24, 2.45) is 7.05 Å². The van der Waals surface area contributed by atoms with Crippen LogP contribution in [-0.4, -0.2) is 34.7 Å². The van der Waals surface area contributed by atoms with Crippen LogP contribution in [0.1, 0.15) is 45.6 Å². The molecule has 2 N–H and O–H groups in total. The number of anilines is 1. The topological polar surface area (TPSA) is 85.3 Å². The van der Waals surface area contributed by atoms with E-state index in [0.29, 0.717) is 33.6 Å². The first-order valence-electron chi connectivity index (χ1n) is 10.5. The van der Waals surface area contributed by atoms with E-state index in [2.05, 4.69) is 15.7 Å². The standard InChI is InChI=1S/C24H24Cl2N4O3/c1-5-13-10-15(7-9-18(13)33-4)23(31)27-21-20(14-6-8-16(25)17(26)11-14)19-12(2)29-30(3)22(19)28-24(21)32/h6-11,20-21H,5H2,1-4H3,(H,27,31)(H,28,32)/t20-,21+/m0/s1. The van der Waals surface area contributed by atoms with E-state index < -0.39 is 12.0 Å². The smallest absolute Gasteiger partial charge is 0.251 e. The minimum absolute atomic E-state index is 0.334. The molecule has 0 spiro atoms. The van der Waals surface area contributed by atoms with Gasteiger partial charge in [-0.3, -0.25) is 14.3 Å². The lowest BCUT2D eigenvalue weighted by molar-refractivity contribution is -0.118. The first-order valence-corrected chi connectivity index (χ1v) is 11.3. The number of methoxy groups -OCH3 is 1. The number of rotatable bonds is 5. The molecule has 2 atom stereocenters. The van der Waals surface area contributed by atoms with Crippen molar-refractivity contribution in [3.8, 4) is 5.75 Å². The number of aromatic nitrogens is 2. The van der Waals surface area contributed by atoms with Gasteiger partial charge >= 0.3 is 0 Å². The van der Waals surface area contributed by atoms with Crippen LogP contribution in [0.25, 0.3) is 0 Å². The summed E-state index contributed by atoms with van der Waals surface area (Å²) in [7, 11) is 3.36. The third-order valence-corrected chi connectivity index (χ3v) is 6.69. The highest BCUT2D eigenvalue weighted by atomic mass is 35.5. The molecule has 0 aliphatic carbocycles. The molecule has 0 saturated heterocycles. The third kappa shape index (κ3) is 4.18. The highest BCUT2D eigenvalue weighted by molar-refractivity contribution is 6.42. The number of aryl methyl sites for hydroxylation is 3. The van der Waals surface area contributed by atoms with E-state index in [1.165, 1.54) is 0 Å². The molecule has 2 heterocycles. The fraction of sp³-hybridized carbons (Fsp3) is 0.292. The van der Waals surface area contributed by atoms with E-state index in [1.807, 2.05) is 19.9 Å². The molecule has 9 heteroatoms. The number of nitrogens with zero attached hydrogens (tertiary/aromatic N) is 2. The Morgan fingerprint density at radius 3 is 2.64 bits per heavy atom. The Kier molecular flexibility index (Phi) is 6.36. The van der Waals surface area contributed by atoms with E-state index in [-0.39, 0.29) is 11.8 Å². The van der Waals surface area contributed by atoms with Crippen LogP contribution in [0.3, 0.4) is 0 Å². The number of hydrogen-bond donors (Lipinski definition) is 2. The Labute approximate surface area is 202 Å². The molecule has 0 fully saturated rings. The Hall–Kier alpha value is -3.03. The summed E-state index contributed by atoms with van der Waals surface area (Å²) in [6, 6.07) is 9.58. The Bertz CT molecular complexity index is 1250. The van der Waals surface area contributed by atoms with Gasteiger partial charge < -0.3 is 15.4 Å². The number of hydrogen-bond acceptors (Lipinski definition) is 4. The second-order valence-corrected chi connectivity index (χ2v) is 8.76. The zero-order chi connectivity index (χ0) is 23.9. The van der Waals surface area contributed by atoms with Crippen molar-refractivity contribution >= 4 is 40.8 Å². The quantitative estimate of drug-likeness (QED) is 0.556. The van der Waals surface area contributed by atoms with Crippen molar-refractivity contribution < 1.29 is 14.3 Å². The van der Waals surface area contributed by atoms with Crippen molar-refractivity contribution in [1.29, 1.82) is 0 Å². The lowest BCUT2D eigenvalue weighted by atomic mass is 9.82. The van der Waals surface area contributed by atoms with Gasteiger partial charge in [-0.15, -0.1) is 0 Å². The molecule has 2 aromatic carbocycles. The molecule has 1 aromatic heterocycles. The van der Waals surface area contributed by atoms with Gasteiger partial charge in [0.2, 0.25) is 5.91 Å².